The fourth-order valence-electron chi connectivity index (χ4n) is 3.74. The number of hydrogen-bond acceptors (Lipinski definition) is 2. The van der Waals surface area contributed by atoms with Crippen molar-refractivity contribution >= 4 is 12.1 Å². The van der Waals surface area contributed by atoms with Crippen molar-refractivity contribution in [3.8, 4) is 0 Å². The van der Waals surface area contributed by atoms with Crippen molar-refractivity contribution in [2.75, 3.05) is 0 Å². The van der Waals surface area contributed by atoms with Gasteiger partial charge in [-0.2, -0.15) is 5.10 Å². The van der Waals surface area contributed by atoms with Gasteiger partial charge >= 0.3 is 0 Å². The first-order valence-electron chi connectivity index (χ1n) is 7.51. The summed E-state index contributed by atoms with van der Waals surface area (Å²) >= 11 is 0. The standard InChI is InChI=1S/C17H22N2O/c1-12-6-8-13(9-7-12)11-18-19-16(20)15-14-5-3-4-10-17(14,15)2/h6-9,11,14-15H,3-5,10H2,1-2H3,(H,19,20)/b18-11+. The molecule has 0 bridgehead atoms. The zero-order valence-corrected chi connectivity index (χ0v) is 12.2. The summed E-state index contributed by atoms with van der Waals surface area (Å²) in [4.78, 5) is 12.2. The number of benzene rings is 1. The molecule has 2 aliphatic rings. The third-order valence-electron chi connectivity index (χ3n) is 5.08. The van der Waals surface area contributed by atoms with Crippen LogP contribution in [-0.2, 0) is 4.79 Å². The quantitative estimate of drug-likeness (QED) is 0.664. The number of aryl methyl sites for hydroxylation is 1. The van der Waals surface area contributed by atoms with E-state index in [1.165, 1.54) is 31.2 Å². The van der Waals surface area contributed by atoms with E-state index in [0.29, 0.717) is 5.92 Å². The number of nitrogens with zero attached hydrogens (tertiary/aromatic N) is 1. The maximum atomic E-state index is 12.2. The van der Waals surface area contributed by atoms with Crippen molar-refractivity contribution < 1.29 is 4.79 Å². The predicted octanol–water partition coefficient (Wildman–Crippen LogP) is 3.27. The molecular formula is C17H22N2O. The normalized spacial score (nSPS) is 31.9. The van der Waals surface area contributed by atoms with E-state index >= 15 is 0 Å². The van der Waals surface area contributed by atoms with Gasteiger partial charge < -0.3 is 0 Å². The van der Waals surface area contributed by atoms with Crippen LogP contribution in [0.25, 0.3) is 0 Å². The Kier molecular flexibility index (Phi) is 3.36. The molecule has 1 amide bonds. The molecule has 3 nitrogen and oxygen atoms in total. The monoisotopic (exact) mass is 270 g/mol. The Balaban J connectivity index is 1.56. The Labute approximate surface area is 120 Å². The molecule has 1 N–H and O–H groups in total. The molecule has 1 aromatic carbocycles. The van der Waals surface area contributed by atoms with Crippen LogP contribution in [0.1, 0.15) is 43.7 Å². The minimum absolute atomic E-state index is 0.0998. The Morgan fingerprint density at radius 2 is 2.10 bits per heavy atom. The number of hydrogen-bond donors (Lipinski definition) is 1. The molecule has 3 atom stereocenters. The molecule has 0 saturated heterocycles. The topological polar surface area (TPSA) is 41.5 Å². The average molecular weight is 270 g/mol. The number of amides is 1. The van der Waals surface area contributed by atoms with E-state index in [-0.39, 0.29) is 17.2 Å². The van der Waals surface area contributed by atoms with Gasteiger partial charge in [-0.25, -0.2) is 5.43 Å². The summed E-state index contributed by atoms with van der Waals surface area (Å²) in [5.74, 6) is 0.869. The zero-order chi connectivity index (χ0) is 14.2. The van der Waals surface area contributed by atoms with Crippen LogP contribution in [0.3, 0.4) is 0 Å². The van der Waals surface area contributed by atoms with Crippen LogP contribution < -0.4 is 5.43 Å². The second-order valence-electron chi connectivity index (χ2n) is 6.48. The molecule has 3 unspecified atom stereocenters. The Morgan fingerprint density at radius 3 is 2.75 bits per heavy atom. The Morgan fingerprint density at radius 1 is 1.35 bits per heavy atom. The molecule has 1 aromatic rings. The number of carbonyl (C=O) groups is 1. The van der Waals surface area contributed by atoms with Crippen LogP contribution in [0.2, 0.25) is 0 Å². The van der Waals surface area contributed by atoms with Gasteiger partial charge in [-0.3, -0.25) is 4.79 Å². The zero-order valence-electron chi connectivity index (χ0n) is 12.2. The molecule has 0 radical (unpaired) electrons. The molecule has 106 valence electrons. The number of fused-ring (bicyclic) bond motifs is 1. The molecule has 2 saturated carbocycles. The predicted molar refractivity (Wildman–Crippen MR) is 80.5 cm³/mol. The highest BCUT2D eigenvalue weighted by molar-refractivity contribution is 5.85. The van der Waals surface area contributed by atoms with Crippen LogP contribution in [-0.4, -0.2) is 12.1 Å². The summed E-state index contributed by atoms with van der Waals surface area (Å²) in [6.45, 7) is 4.31. The maximum absolute atomic E-state index is 12.2. The highest BCUT2D eigenvalue weighted by Crippen LogP contribution is 2.66. The molecular weight excluding hydrogens is 248 g/mol. The lowest BCUT2D eigenvalue weighted by Gasteiger charge is -2.15. The van der Waals surface area contributed by atoms with E-state index in [0.717, 1.165) is 5.56 Å². The van der Waals surface area contributed by atoms with Crippen LogP contribution in [0.5, 0.6) is 0 Å². The van der Waals surface area contributed by atoms with Crippen molar-refractivity contribution in [2.24, 2.45) is 22.4 Å². The molecule has 0 aromatic heterocycles. The summed E-state index contributed by atoms with van der Waals surface area (Å²) in [5, 5.41) is 4.10. The summed E-state index contributed by atoms with van der Waals surface area (Å²) in [6, 6.07) is 8.09. The maximum Gasteiger partial charge on any atom is 0.244 e. The molecule has 3 heteroatoms. The Hall–Kier alpha value is -1.64. The fourth-order valence-corrected chi connectivity index (χ4v) is 3.74. The van der Waals surface area contributed by atoms with E-state index < -0.39 is 0 Å². The fraction of sp³-hybridized carbons (Fsp3) is 0.529. The number of nitrogens with one attached hydrogen (secondary N) is 1. The minimum Gasteiger partial charge on any atom is -0.273 e. The van der Waals surface area contributed by atoms with Crippen molar-refractivity contribution in [1.29, 1.82) is 0 Å². The van der Waals surface area contributed by atoms with Gasteiger partial charge in [0, 0.05) is 5.92 Å². The smallest absolute Gasteiger partial charge is 0.244 e. The van der Waals surface area contributed by atoms with Crippen molar-refractivity contribution in [3.05, 3.63) is 35.4 Å². The molecule has 0 spiro atoms. The average Bonchev–Trinajstić information content (AvgIpc) is 3.06. The van der Waals surface area contributed by atoms with Gasteiger partial charge in [0.25, 0.3) is 0 Å². The Bertz CT molecular complexity index is 534. The van der Waals surface area contributed by atoms with Gasteiger partial charge in [0.05, 0.1) is 6.21 Å². The van der Waals surface area contributed by atoms with Gasteiger partial charge in [-0.1, -0.05) is 49.6 Å². The highest BCUT2D eigenvalue weighted by Gasteiger charge is 2.64. The van der Waals surface area contributed by atoms with Crippen molar-refractivity contribution in [3.63, 3.8) is 0 Å². The van der Waals surface area contributed by atoms with E-state index in [2.05, 4.69) is 24.4 Å². The second-order valence-corrected chi connectivity index (χ2v) is 6.48. The molecule has 0 heterocycles. The minimum atomic E-state index is 0.0998. The summed E-state index contributed by atoms with van der Waals surface area (Å²) in [6.07, 6.45) is 6.65. The van der Waals surface area contributed by atoms with E-state index in [4.69, 9.17) is 0 Å². The number of hydrazone groups is 1. The van der Waals surface area contributed by atoms with Crippen molar-refractivity contribution in [1.82, 2.24) is 5.43 Å². The van der Waals surface area contributed by atoms with E-state index in [1.54, 1.807) is 6.21 Å². The first kappa shape index (κ1) is 13.3. The van der Waals surface area contributed by atoms with Crippen LogP contribution in [0.15, 0.2) is 29.4 Å². The van der Waals surface area contributed by atoms with Gasteiger partial charge in [-0.15, -0.1) is 0 Å². The first-order chi connectivity index (χ1) is 9.61. The summed E-state index contributed by atoms with van der Waals surface area (Å²) in [5.41, 5.74) is 5.20. The van der Waals surface area contributed by atoms with Gasteiger partial charge in [0.1, 0.15) is 0 Å². The third kappa shape index (κ3) is 2.37. The lowest BCUT2D eigenvalue weighted by atomic mass is 9.90. The lowest BCUT2D eigenvalue weighted by molar-refractivity contribution is -0.123. The molecule has 0 aliphatic heterocycles. The SMILES string of the molecule is Cc1ccc(/C=N/NC(=O)C2C3CCCCC32C)cc1. The number of rotatable bonds is 3. The first-order valence-corrected chi connectivity index (χ1v) is 7.51. The highest BCUT2D eigenvalue weighted by atomic mass is 16.2. The van der Waals surface area contributed by atoms with Crippen LogP contribution in [0, 0.1) is 24.2 Å². The molecule has 2 fully saturated rings. The summed E-state index contributed by atoms with van der Waals surface area (Å²) < 4.78 is 0. The second kappa shape index (κ2) is 5.04. The third-order valence-corrected chi connectivity index (χ3v) is 5.08. The van der Waals surface area contributed by atoms with Crippen LogP contribution in [0.4, 0.5) is 0 Å². The number of carbonyl (C=O) groups excluding carboxylic acids is 1. The van der Waals surface area contributed by atoms with Gasteiger partial charge in [-0.05, 0) is 36.7 Å². The summed E-state index contributed by atoms with van der Waals surface area (Å²) in [7, 11) is 0. The largest absolute Gasteiger partial charge is 0.273 e. The lowest BCUT2D eigenvalue weighted by Crippen LogP contribution is -2.22. The van der Waals surface area contributed by atoms with E-state index in [1.807, 2.05) is 24.3 Å². The molecule has 3 rings (SSSR count). The van der Waals surface area contributed by atoms with E-state index in [9.17, 15) is 4.79 Å². The van der Waals surface area contributed by atoms with Gasteiger partial charge in [0.15, 0.2) is 0 Å². The molecule has 2 aliphatic carbocycles. The van der Waals surface area contributed by atoms with Crippen molar-refractivity contribution in [2.45, 2.75) is 39.5 Å². The van der Waals surface area contributed by atoms with Crippen LogP contribution >= 0.6 is 0 Å². The van der Waals surface area contributed by atoms with Gasteiger partial charge in [0.2, 0.25) is 5.91 Å². The molecule has 20 heavy (non-hydrogen) atoms.